The van der Waals surface area contributed by atoms with Crippen LogP contribution in [0.15, 0.2) is 18.2 Å². The molecule has 1 heterocycles. The fourth-order valence-corrected chi connectivity index (χ4v) is 2.82. The highest BCUT2D eigenvalue weighted by atomic mass is 16.1. The van der Waals surface area contributed by atoms with E-state index in [1.54, 1.807) is 0 Å². The molecule has 21 heavy (non-hydrogen) atoms. The van der Waals surface area contributed by atoms with Crippen LogP contribution in [0.4, 0.5) is 5.69 Å². The Morgan fingerprint density at radius 3 is 2.90 bits per heavy atom. The highest BCUT2D eigenvalue weighted by Crippen LogP contribution is 2.20. The van der Waals surface area contributed by atoms with Crippen LogP contribution in [0.3, 0.4) is 0 Å². The van der Waals surface area contributed by atoms with Crippen LogP contribution < -0.4 is 10.6 Å². The van der Waals surface area contributed by atoms with Crippen molar-refractivity contribution < 1.29 is 4.79 Å². The summed E-state index contributed by atoms with van der Waals surface area (Å²) in [4.78, 5) is 14.3. The zero-order valence-electron chi connectivity index (χ0n) is 13.4. The van der Waals surface area contributed by atoms with Gasteiger partial charge in [-0.05, 0) is 64.5 Å². The van der Waals surface area contributed by atoms with Crippen LogP contribution in [0.1, 0.15) is 30.4 Å². The number of hydrogen-bond acceptors (Lipinski definition) is 3. The van der Waals surface area contributed by atoms with Crippen LogP contribution >= 0.6 is 0 Å². The molecule has 4 heteroatoms. The van der Waals surface area contributed by atoms with E-state index in [1.165, 1.54) is 17.5 Å². The van der Waals surface area contributed by atoms with Gasteiger partial charge in [-0.15, -0.1) is 0 Å². The standard InChI is InChI=1S/C17H27N3O/c1-13-4-6-16(15(10-13)12-20(2)3)19-17(21)7-5-14-8-9-18-11-14/h4,6,10,14,18H,5,7-9,11-12H2,1-3H3,(H,19,21). The van der Waals surface area contributed by atoms with Crippen LogP contribution in [0, 0.1) is 12.8 Å². The SMILES string of the molecule is Cc1ccc(NC(=O)CCC2CCNC2)c(CN(C)C)c1. The van der Waals surface area contributed by atoms with Gasteiger partial charge in [0.05, 0.1) is 0 Å². The number of hydrogen-bond donors (Lipinski definition) is 2. The molecule has 0 radical (unpaired) electrons. The van der Waals surface area contributed by atoms with Gasteiger partial charge >= 0.3 is 0 Å². The molecule has 1 aromatic carbocycles. The molecule has 1 unspecified atom stereocenters. The molecule has 116 valence electrons. The van der Waals surface area contributed by atoms with Gasteiger partial charge in [0.2, 0.25) is 5.91 Å². The lowest BCUT2D eigenvalue weighted by molar-refractivity contribution is -0.116. The smallest absolute Gasteiger partial charge is 0.224 e. The Kier molecular flexibility index (Phi) is 5.76. The number of nitrogens with zero attached hydrogens (tertiary/aromatic N) is 1. The first-order valence-corrected chi connectivity index (χ1v) is 7.79. The van der Waals surface area contributed by atoms with Crippen LogP contribution in [0.25, 0.3) is 0 Å². The Balaban J connectivity index is 1.92. The Morgan fingerprint density at radius 2 is 2.24 bits per heavy atom. The summed E-state index contributed by atoms with van der Waals surface area (Å²) in [6.45, 7) is 5.07. The normalized spacial score (nSPS) is 18.2. The topological polar surface area (TPSA) is 44.4 Å². The first-order valence-electron chi connectivity index (χ1n) is 7.79. The lowest BCUT2D eigenvalue weighted by atomic mass is 10.0. The van der Waals surface area contributed by atoms with Gasteiger partial charge in [-0.1, -0.05) is 17.7 Å². The van der Waals surface area contributed by atoms with Crippen molar-refractivity contribution in [2.75, 3.05) is 32.5 Å². The zero-order chi connectivity index (χ0) is 15.2. The van der Waals surface area contributed by atoms with Crippen molar-refractivity contribution in [1.82, 2.24) is 10.2 Å². The number of rotatable bonds is 6. The first kappa shape index (κ1) is 16.0. The van der Waals surface area contributed by atoms with E-state index in [-0.39, 0.29) is 5.91 Å². The third kappa shape index (κ3) is 5.14. The van der Waals surface area contributed by atoms with Crippen molar-refractivity contribution in [3.8, 4) is 0 Å². The highest BCUT2D eigenvalue weighted by molar-refractivity contribution is 5.91. The molecule has 0 aromatic heterocycles. The fraction of sp³-hybridized carbons (Fsp3) is 0.588. The van der Waals surface area contributed by atoms with E-state index in [0.717, 1.165) is 31.7 Å². The predicted molar refractivity (Wildman–Crippen MR) is 87.4 cm³/mol. The maximum Gasteiger partial charge on any atom is 0.224 e. The van der Waals surface area contributed by atoms with Gasteiger partial charge in [0.25, 0.3) is 0 Å². The summed E-state index contributed by atoms with van der Waals surface area (Å²) in [5, 5.41) is 6.43. The second kappa shape index (κ2) is 7.57. The number of carbonyl (C=O) groups excluding carboxylic acids is 1. The van der Waals surface area contributed by atoms with E-state index in [9.17, 15) is 4.79 Å². The summed E-state index contributed by atoms with van der Waals surface area (Å²) >= 11 is 0. The molecule has 0 spiro atoms. The monoisotopic (exact) mass is 289 g/mol. The number of nitrogens with one attached hydrogen (secondary N) is 2. The van der Waals surface area contributed by atoms with E-state index >= 15 is 0 Å². The summed E-state index contributed by atoms with van der Waals surface area (Å²) < 4.78 is 0. The van der Waals surface area contributed by atoms with Gasteiger partial charge in [0, 0.05) is 18.7 Å². The van der Waals surface area contributed by atoms with E-state index in [0.29, 0.717) is 12.3 Å². The average Bonchev–Trinajstić information content (AvgIpc) is 2.92. The quantitative estimate of drug-likeness (QED) is 0.845. The van der Waals surface area contributed by atoms with Crippen molar-refractivity contribution in [3.05, 3.63) is 29.3 Å². The molecular formula is C17H27N3O. The summed E-state index contributed by atoms with van der Waals surface area (Å²) in [6, 6.07) is 6.22. The molecule has 1 amide bonds. The molecule has 2 rings (SSSR count). The Bertz CT molecular complexity index is 479. The van der Waals surface area contributed by atoms with Gasteiger partial charge in [-0.25, -0.2) is 0 Å². The van der Waals surface area contributed by atoms with E-state index in [2.05, 4.69) is 34.6 Å². The van der Waals surface area contributed by atoms with Crippen molar-refractivity contribution in [3.63, 3.8) is 0 Å². The average molecular weight is 289 g/mol. The summed E-state index contributed by atoms with van der Waals surface area (Å²) in [5.41, 5.74) is 3.35. The second-order valence-corrected chi connectivity index (χ2v) is 6.34. The Morgan fingerprint density at radius 1 is 1.43 bits per heavy atom. The number of benzene rings is 1. The number of amides is 1. The minimum atomic E-state index is 0.130. The number of anilines is 1. The van der Waals surface area contributed by atoms with Crippen molar-refractivity contribution in [2.24, 2.45) is 5.92 Å². The lowest BCUT2D eigenvalue weighted by Gasteiger charge is -2.16. The maximum atomic E-state index is 12.1. The van der Waals surface area contributed by atoms with Crippen molar-refractivity contribution >= 4 is 11.6 Å². The summed E-state index contributed by atoms with van der Waals surface area (Å²) in [7, 11) is 4.09. The van der Waals surface area contributed by atoms with E-state index in [1.807, 2.05) is 20.2 Å². The van der Waals surface area contributed by atoms with Gasteiger partial charge < -0.3 is 15.5 Å². The molecule has 1 aliphatic rings. The molecule has 1 aromatic rings. The Hall–Kier alpha value is -1.39. The summed E-state index contributed by atoms with van der Waals surface area (Å²) in [5.74, 6) is 0.792. The van der Waals surface area contributed by atoms with Crippen LogP contribution in [0.2, 0.25) is 0 Å². The lowest BCUT2D eigenvalue weighted by Crippen LogP contribution is -2.18. The molecule has 1 aliphatic heterocycles. The molecule has 1 fully saturated rings. The summed E-state index contributed by atoms with van der Waals surface area (Å²) in [6.07, 6.45) is 2.79. The van der Waals surface area contributed by atoms with Crippen LogP contribution in [-0.2, 0) is 11.3 Å². The number of carbonyl (C=O) groups is 1. The third-order valence-corrected chi connectivity index (χ3v) is 3.96. The van der Waals surface area contributed by atoms with Gasteiger partial charge in [0.1, 0.15) is 0 Å². The van der Waals surface area contributed by atoms with Crippen molar-refractivity contribution in [2.45, 2.75) is 32.7 Å². The molecule has 1 saturated heterocycles. The second-order valence-electron chi connectivity index (χ2n) is 6.34. The highest BCUT2D eigenvalue weighted by Gasteiger charge is 2.16. The maximum absolute atomic E-state index is 12.1. The van der Waals surface area contributed by atoms with Crippen LogP contribution in [0.5, 0.6) is 0 Å². The third-order valence-electron chi connectivity index (χ3n) is 3.96. The molecule has 4 nitrogen and oxygen atoms in total. The Labute approximate surface area is 127 Å². The van der Waals surface area contributed by atoms with Gasteiger partial charge in [-0.3, -0.25) is 4.79 Å². The number of aryl methyl sites for hydroxylation is 1. The first-order chi connectivity index (χ1) is 10.0. The van der Waals surface area contributed by atoms with Crippen LogP contribution in [-0.4, -0.2) is 38.0 Å². The van der Waals surface area contributed by atoms with E-state index in [4.69, 9.17) is 0 Å². The largest absolute Gasteiger partial charge is 0.326 e. The zero-order valence-corrected chi connectivity index (χ0v) is 13.4. The van der Waals surface area contributed by atoms with Gasteiger partial charge in [0.15, 0.2) is 0 Å². The molecule has 1 atom stereocenters. The fourth-order valence-electron chi connectivity index (χ4n) is 2.82. The molecule has 0 aliphatic carbocycles. The van der Waals surface area contributed by atoms with Gasteiger partial charge in [-0.2, -0.15) is 0 Å². The molecule has 2 N–H and O–H groups in total. The van der Waals surface area contributed by atoms with Crippen molar-refractivity contribution in [1.29, 1.82) is 0 Å². The molecule has 0 bridgehead atoms. The predicted octanol–water partition coefficient (Wildman–Crippen LogP) is 2.38. The minimum absolute atomic E-state index is 0.130. The molecular weight excluding hydrogens is 262 g/mol. The minimum Gasteiger partial charge on any atom is -0.326 e. The van der Waals surface area contributed by atoms with E-state index < -0.39 is 0 Å². The molecule has 0 saturated carbocycles.